The molecule has 10 heteroatoms. The van der Waals surface area contributed by atoms with Gasteiger partial charge in [0, 0.05) is 6.42 Å². The predicted octanol–water partition coefficient (Wildman–Crippen LogP) is 18.4. The molecule has 0 heterocycles. The van der Waals surface area contributed by atoms with Gasteiger partial charge in [-0.3, -0.25) is 13.8 Å². The van der Waals surface area contributed by atoms with Crippen molar-refractivity contribution in [1.82, 2.24) is 5.32 Å². The summed E-state index contributed by atoms with van der Waals surface area (Å²) in [6.07, 6.45) is 73.4. The minimum absolute atomic E-state index is 0.0115. The molecule has 0 radical (unpaired) electrons. The summed E-state index contributed by atoms with van der Waals surface area (Å²) in [6.45, 7) is 4.36. The summed E-state index contributed by atoms with van der Waals surface area (Å²) in [4.78, 5) is 23.3. The minimum atomic E-state index is -4.44. The minimum Gasteiger partial charge on any atom is -0.390 e. The van der Waals surface area contributed by atoms with Crippen molar-refractivity contribution in [3.63, 3.8) is 0 Å². The summed E-state index contributed by atoms with van der Waals surface area (Å²) in [5.74, 6) is -0.273. The number of hydrogen-bond donors (Lipinski definition) is 4. The molecular formula is C65H122N2O7P+. The van der Waals surface area contributed by atoms with E-state index < -0.39 is 32.7 Å². The molecule has 0 bridgehead atoms. The lowest BCUT2D eigenvalue weighted by Gasteiger charge is -2.28. The zero-order valence-corrected chi connectivity index (χ0v) is 50.5. The van der Waals surface area contributed by atoms with Crippen LogP contribution in [0.1, 0.15) is 277 Å². The second-order valence-electron chi connectivity index (χ2n) is 22.6. The number of allylic oxidation sites excluding steroid dienone is 12. The van der Waals surface area contributed by atoms with Crippen LogP contribution in [0.5, 0.6) is 0 Å². The number of unbranched alkanes of at least 4 members (excludes halogenated alkanes) is 32. The van der Waals surface area contributed by atoms with Crippen LogP contribution in [0.4, 0.5) is 0 Å². The lowest BCUT2D eigenvalue weighted by Crippen LogP contribution is -2.51. The molecule has 0 spiro atoms. The van der Waals surface area contributed by atoms with Gasteiger partial charge in [0.2, 0.25) is 5.91 Å². The van der Waals surface area contributed by atoms with Gasteiger partial charge in [0.25, 0.3) is 0 Å². The van der Waals surface area contributed by atoms with Crippen molar-refractivity contribution in [1.29, 1.82) is 0 Å². The topological polar surface area (TPSA) is 125 Å². The third kappa shape index (κ3) is 56.4. The highest BCUT2D eigenvalue weighted by molar-refractivity contribution is 7.47. The Morgan fingerprint density at radius 1 is 0.493 bits per heavy atom. The number of rotatable bonds is 57. The quantitative estimate of drug-likeness (QED) is 0.0207. The molecule has 0 aromatic heterocycles. The molecule has 0 rings (SSSR count). The smallest absolute Gasteiger partial charge is 0.390 e. The first-order chi connectivity index (χ1) is 36.4. The maximum atomic E-state index is 13.0. The maximum Gasteiger partial charge on any atom is 0.472 e. The number of nitrogens with one attached hydrogen (secondary N) is 1. The fourth-order valence-electron chi connectivity index (χ4n) is 9.13. The van der Waals surface area contributed by atoms with Gasteiger partial charge in [-0.25, -0.2) is 4.57 Å². The number of quaternary nitrogens is 1. The molecule has 0 aliphatic carbocycles. The van der Waals surface area contributed by atoms with E-state index in [-0.39, 0.29) is 18.9 Å². The predicted molar refractivity (Wildman–Crippen MR) is 324 cm³/mol. The molecule has 4 N–H and O–H groups in total. The summed E-state index contributed by atoms with van der Waals surface area (Å²) < 4.78 is 23.6. The van der Waals surface area contributed by atoms with Gasteiger partial charge in [0.1, 0.15) is 19.3 Å². The molecule has 0 fully saturated rings. The highest BCUT2D eigenvalue weighted by Gasteiger charge is 2.32. The van der Waals surface area contributed by atoms with Crippen molar-refractivity contribution in [2.75, 3.05) is 40.9 Å². The van der Waals surface area contributed by atoms with Gasteiger partial charge in [-0.2, -0.15) is 0 Å². The second kappa shape index (κ2) is 55.2. The molecule has 0 saturated carbocycles. The van der Waals surface area contributed by atoms with Gasteiger partial charge in [0.05, 0.1) is 39.9 Å². The van der Waals surface area contributed by atoms with Crippen molar-refractivity contribution in [3.05, 3.63) is 72.9 Å². The number of phosphoric ester groups is 1. The lowest BCUT2D eigenvalue weighted by atomic mass is 10.0. The molecule has 9 nitrogen and oxygen atoms in total. The maximum absolute atomic E-state index is 13.0. The molecule has 0 aliphatic heterocycles. The number of amides is 1. The zero-order chi connectivity index (χ0) is 55.0. The fourth-order valence-corrected chi connectivity index (χ4v) is 9.87. The lowest BCUT2D eigenvalue weighted by molar-refractivity contribution is -0.870. The number of likely N-dealkylation sites (N-methyl/N-ethyl adjacent to an activating group) is 1. The van der Waals surface area contributed by atoms with Crippen LogP contribution < -0.4 is 5.32 Å². The Bertz CT molecular complexity index is 1470. The van der Waals surface area contributed by atoms with E-state index in [1.165, 1.54) is 180 Å². The molecular weight excluding hydrogens is 952 g/mol. The molecule has 0 aliphatic rings. The van der Waals surface area contributed by atoms with E-state index >= 15 is 0 Å². The first kappa shape index (κ1) is 72.9. The van der Waals surface area contributed by atoms with Crippen molar-refractivity contribution in [3.8, 4) is 0 Å². The van der Waals surface area contributed by atoms with Crippen LogP contribution in [-0.2, 0) is 18.4 Å². The molecule has 1 amide bonds. The number of phosphoric acid groups is 1. The largest absolute Gasteiger partial charge is 0.472 e. The summed E-state index contributed by atoms with van der Waals surface area (Å²) in [6, 6.07) is -1.06. The van der Waals surface area contributed by atoms with Crippen molar-refractivity contribution in [2.24, 2.45) is 0 Å². The van der Waals surface area contributed by atoms with Crippen molar-refractivity contribution < 1.29 is 38.0 Å². The zero-order valence-electron chi connectivity index (χ0n) is 49.6. The Labute approximate surface area is 464 Å². The number of aliphatic hydroxyl groups excluding tert-OH is 2. The average molecular weight is 1070 g/mol. The van der Waals surface area contributed by atoms with Gasteiger partial charge in [-0.15, -0.1) is 0 Å². The molecule has 4 atom stereocenters. The monoisotopic (exact) mass is 1070 g/mol. The first-order valence-corrected chi connectivity index (χ1v) is 32.8. The van der Waals surface area contributed by atoms with Gasteiger partial charge in [-0.05, 0) is 96.8 Å². The summed E-state index contributed by atoms with van der Waals surface area (Å²) in [5.41, 5.74) is 0. The number of carbonyl (C=O) groups is 1. The Morgan fingerprint density at radius 3 is 1.28 bits per heavy atom. The molecule has 0 saturated heterocycles. The number of carbonyl (C=O) groups excluding carboxylic acids is 1. The van der Waals surface area contributed by atoms with Crippen LogP contribution >= 0.6 is 7.82 Å². The van der Waals surface area contributed by atoms with Gasteiger partial charge in [0.15, 0.2) is 0 Å². The van der Waals surface area contributed by atoms with Crippen LogP contribution in [0.25, 0.3) is 0 Å². The van der Waals surface area contributed by atoms with Crippen LogP contribution in [0.15, 0.2) is 72.9 Å². The number of hydrogen-bond acceptors (Lipinski definition) is 6. The molecule has 4 unspecified atom stereocenters. The van der Waals surface area contributed by atoms with E-state index in [1.54, 1.807) is 0 Å². The van der Waals surface area contributed by atoms with Crippen LogP contribution in [-0.4, -0.2) is 84.6 Å². The molecule has 75 heavy (non-hydrogen) atoms. The Kier molecular flexibility index (Phi) is 53.7. The number of aliphatic hydroxyl groups is 2. The highest BCUT2D eigenvalue weighted by Crippen LogP contribution is 2.43. The summed E-state index contributed by atoms with van der Waals surface area (Å²) in [5, 5.41) is 24.8. The summed E-state index contributed by atoms with van der Waals surface area (Å²) >= 11 is 0. The first-order valence-electron chi connectivity index (χ1n) is 31.4. The van der Waals surface area contributed by atoms with E-state index in [1.807, 2.05) is 28.1 Å². The van der Waals surface area contributed by atoms with E-state index in [4.69, 9.17) is 9.05 Å². The highest BCUT2D eigenvalue weighted by atomic mass is 31.2. The third-order valence-corrected chi connectivity index (χ3v) is 15.1. The molecule has 438 valence electrons. The Balaban J connectivity index is 3.96. The van der Waals surface area contributed by atoms with E-state index in [0.717, 1.165) is 64.2 Å². The average Bonchev–Trinajstić information content (AvgIpc) is 3.37. The van der Waals surface area contributed by atoms with Crippen molar-refractivity contribution in [2.45, 2.75) is 295 Å². The van der Waals surface area contributed by atoms with Gasteiger partial charge < -0.3 is 24.9 Å². The van der Waals surface area contributed by atoms with Crippen LogP contribution in [0.3, 0.4) is 0 Å². The third-order valence-electron chi connectivity index (χ3n) is 14.1. The standard InChI is InChI=1S/C65H121N2O7P/c1-6-8-10-12-14-16-18-20-21-22-23-24-25-26-27-28-29-30-31-32-33-34-35-36-37-38-39-40-41-42-43-44-45-46-48-50-52-54-56-58-64(69)66-62(61-74-75(71,72)73-60-59-67(3,4)5)65(70)63(68)57-55-53-51-49-47-19-17-15-13-11-9-7-2/h7,9,15,17-18,20,22-23,25-26,49,51,62-63,65,68,70H,6,8,10-14,16,19,21,24,27-48,50,52-61H2,1-5H3,(H-,66,69,71,72)/p+1/b9-7+,17-15+,20-18-,23-22-,26-25-,51-49+. The Hall–Kier alpha value is -2.10. The van der Waals surface area contributed by atoms with E-state index in [0.29, 0.717) is 23.9 Å². The second-order valence-corrected chi connectivity index (χ2v) is 24.0. The molecule has 0 aromatic rings. The van der Waals surface area contributed by atoms with Crippen LogP contribution in [0.2, 0.25) is 0 Å². The number of nitrogens with zero attached hydrogens (tertiary/aromatic N) is 1. The van der Waals surface area contributed by atoms with E-state index in [9.17, 15) is 24.5 Å². The van der Waals surface area contributed by atoms with Crippen molar-refractivity contribution >= 4 is 13.7 Å². The van der Waals surface area contributed by atoms with Gasteiger partial charge in [-0.1, -0.05) is 247 Å². The van der Waals surface area contributed by atoms with E-state index in [2.05, 4.69) is 85.2 Å². The SMILES string of the molecule is C/C=C/CC/C=C/CC/C=C/CCCC(O)C(O)C(COP(=O)(O)OCC[N+](C)(C)C)NC(=O)CCCCCCCCCCCCCCCCCCCCCCCCCC/C=C\C/C=C\C/C=C\CCCCCCC. The fraction of sp³-hybridized carbons (Fsp3) is 0.800. The van der Waals surface area contributed by atoms with Gasteiger partial charge >= 0.3 is 7.82 Å². The summed E-state index contributed by atoms with van der Waals surface area (Å²) in [7, 11) is 1.41. The normalized spacial score (nSPS) is 14.7. The van der Waals surface area contributed by atoms with Crippen LogP contribution in [0, 0.1) is 0 Å². The molecule has 0 aromatic carbocycles. The Morgan fingerprint density at radius 2 is 0.853 bits per heavy atom.